The maximum Gasteiger partial charge on any atom is 0.293 e. The molecule has 2 aliphatic heterocycles. The van der Waals surface area contributed by atoms with Crippen LogP contribution in [0.25, 0.3) is 0 Å². The number of benzene rings is 1. The van der Waals surface area contributed by atoms with Gasteiger partial charge in [0.25, 0.3) is 5.69 Å². The zero-order chi connectivity index (χ0) is 21.1. The molecule has 1 atom stereocenters. The number of nitro benzene ring substituents is 1. The van der Waals surface area contributed by atoms with Crippen LogP contribution in [0.15, 0.2) is 47.6 Å². The standard InChI is InChI=1S/C21H26N4O4S/c26-25(27)21-15-18(30(28,29)23-12-3-1-2-4-13-23)9-10-20(21)24-14-6-8-19(24)17-7-5-11-22-16-17/h5,7,9-11,15-16,19H,1-4,6,8,12-14H2. The number of pyridine rings is 1. The van der Waals surface area contributed by atoms with Crippen molar-refractivity contribution in [3.05, 3.63) is 58.4 Å². The highest BCUT2D eigenvalue weighted by Gasteiger charge is 2.33. The van der Waals surface area contributed by atoms with Crippen molar-refractivity contribution < 1.29 is 13.3 Å². The van der Waals surface area contributed by atoms with Gasteiger partial charge in [-0.15, -0.1) is 0 Å². The quantitative estimate of drug-likeness (QED) is 0.527. The first kappa shape index (κ1) is 20.7. The predicted molar refractivity (Wildman–Crippen MR) is 114 cm³/mol. The summed E-state index contributed by atoms with van der Waals surface area (Å²) < 4.78 is 27.7. The van der Waals surface area contributed by atoms with E-state index in [-0.39, 0.29) is 16.6 Å². The van der Waals surface area contributed by atoms with Crippen molar-refractivity contribution in [3.63, 3.8) is 0 Å². The molecule has 0 saturated carbocycles. The normalized spacial score (nSPS) is 20.8. The average molecular weight is 431 g/mol. The summed E-state index contributed by atoms with van der Waals surface area (Å²) in [5.74, 6) is 0. The Hall–Kier alpha value is -2.52. The van der Waals surface area contributed by atoms with E-state index in [1.807, 2.05) is 17.0 Å². The van der Waals surface area contributed by atoms with Gasteiger partial charge in [0.15, 0.2) is 0 Å². The highest BCUT2D eigenvalue weighted by Crippen LogP contribution is 2.41. The first-order valence-electron chi connectivity index (χ1n) is 10.4. The fourth-order valence-corrected chi connectivity index (χ4v) is 6.00. The first-order valence-corrected chi connectivity index (χ1v) is 11.9. The van der Waals surface area contributed by atoms with Crippen LogP contribution < -0.4 is 4.90 Å². The number of nitrogens with zero attached hydrogens (tertiary/aromatic N) is 4. The third-order valence-electron chi connectivity index (χ3n) is 5.98. The van der Waals surface area contributed by atoms with E-state index < -0.39 is 14.9 Å². The van der Waals surface area contributed by atoms with Crippen LogP contribution >= 0.6 is 0 Å². The van der Waals surface area contributed by atoms with Crippen molar-refractivity contribution in [1.82, 2.24) is 9.29 Å². The van der Waals surface area contributed by atoms with Gasteiger partial charge in [-0.3, -0.25) is 15.1 Å². The molecule has 30 heavy (non-hydrogen) atoms. The SMILES string of the molecule is O=[N+]([O-])c1cc(S(=O)(=O)N2CCCCCC2)ccc1N1CCCC1c1cccnc1. The van der Waals surface area contributed by atoms with E-state index >= 15 is 0 Å². The Morgan fingerprint density at radius 1 is 1.03 bits per heavy atom. The van der Waals surface area contributed by atoms with Crippen molar-refractivity contribution in [2.45, 2.75) is 49.5 Å². The minimum Gasteiger partial charge on any atom is -0.359 e. The minimum absolute atomic E-state index is 0.00280. The van der Waals surface area contributed by atoms with Gasteiger partial charge in [0, 0.05) is 38.1 Å². The largest absolute Gasteiger partial charge is 0.359 e. The zero-order valence-electron chi connectivity index (χ0n) is 16.8. The molecule has 2 aliphatic rings. The van der Waals surface area contributed by atoms with Crippen molar-refractivity contribution in [2.24, 2.45) is 0 Å². The summed E-state index contributed by atoms with van der Waals surface area (Å²) in [6.07, 6.45) is 8.92. The molecule has 160 valence electrons. The van der Waals surface area contributed by atoms with Gasteiger partial charge in [0.05, 0.1) is 15.9 Å². The van der Waals surface area contributed by atoms with E-state index in [2.05, 4.69) is 4.98 Å². The topological polar surface area (TPSA) is 96.6 Å². The summed E-state index contributed by atoms with van der Waals surface area (Å²) in [5.41, 5.74) is 1.30. The molecular weight excluding hydrogens is 404 g/mol. The molecule has 1 unspecified atom stereocenters. The lowest BCUT2D eigenvalue weighted by molar-refractivity contribution is -0.384. The van der Waals surface area contributed by atoms with Crippen molar-refractivity contribution in [1.29, 1.82) is 0 Å². The summed E-state index contributed by atoms with van der Waals surface area (Å²) in [6, 6.07) is 8.16. The van der Waals surface area contributed by atoms with Crippen molar-refractivity contribution in [3.8, 4) is 0 Å². The Balaban J connectivity index is 1.70. The Labute approximate surface area is 176 Å². The monoisotopic (exact) mass is 430 g/mol. The lowest BCUT2D eigenvalue weighted by atomic mass is 10.1. The van der Waals surface area contributed by atoms with Gasteiger partial charge < -0.3 is 4.90 Å². The number of sulfonamides is 1. The van der Waals surface area contributed by atoms with E-state index in [0.717, 1.165) is 44.1 Å². The number of nitro groups is 1. The number of rotatable bonds is 5. The lowest BCUT2D eigenvalue weighted by Gasteiger charge is -2.27. The van der Waals surface area contributed by atoms with E-state index in [1.165, 1.54) is 16.4 Å². The van der Waals surface area contributed by atoms with Gasteiger partial charge in [-0.25, -0.2) is 8.42 Å². The number of hydrogen-bond donors (Lipinski definition) is 0. The van der Waals surface area contributed by atoms with Gasteiger partial charge in [-0.05, 0) is 49.4 Å². The molecule has 9 heteroatoms. The van der Waals surface area contributed by atoms with Crippen LogP contribution in [0.4, 0.5) is 11.4 Å². The fraction of sp³-hybridized carbons (Fsp3) is 0.476. The first-order chi connectivity index (χ1) is 14.5. The molecule has 1 aromatic heterocycles. The van der Waals surface area contributed by atoms with Gasteiger partial charge in [-0.2, -0.15) is 4.31 Å². The Morgan fingerprint density at radius 2 is 1.80 bits per heavy atom. The molecule has 0 aliphatic carbocycles. The Kier molecular flexibility index (Phi) is 6.01. The summed E-state index contributed by atoms with van der Waals surface area (Å²) in [5, 5.41) is 11.9. The molecule has 2 saturated heterocycles. The summed E-state index contributed by atoms with van der Waals surface area (Å²) in [6.45, 7) is 1.61. The number of hydrogen-bond acceptors (Lipinski definition) is 6. The molecule has 0 spiro atoms. The van der Waals surface area contributed by atoms with Crippen LogP contribution in [0.1, 0.15) is 50.1 Å². The molecule has 1 aromatic carbocycles. The molecule has 2 aromatic rings. The molecule has 4 rings (SSSR count). The van der Waals surface area contributed by atoms with Gasteiger partial charge >= 0.3 is 0 Å². The average Bonchev–Trinajstić information content (AvgIpc) is 3.07. The van der Waals surface area contributed by atoms with Crippen molar-refractivity contribution in [2.75, 3.05) is 24.5 Å². The zero-order valence-corrected chi connectivity index (χ0v) is 17.6. The van der Waals surface area contributed by atoms with Gasteiger partial charge in [0.2, 0.25) is 10.0 Å². The van der Waals surface area contributed by atoms with Crippen LogP contribution in [-0.4, -0.2) is 42.3 Å². The number of aromatic nitrogens is 1. The minimum atomic E-state index is -3.75. The maximum atomic E-state index is 13.1. The van der Waals surface area contributed by atoms with E-state index in [1.54, 1.807) is 18.5 Å². The molecule has 0 N–H and O–H groups in total. The molecule has 2 fully saturated rings. The highest BCUT2D eigenvalue weighted by atomic mass is 32.2. The van der Waals surface area contributed by atoms with Crippen LogP contribution in [0, 0.1) is 10.1 Å². The van der Waals surface area contributed by atoms with Crippen LogP contribution in [0.3, 0.4) is 0 Å². The second-order valence-electron chi connectivity index (χ2n) is 7.86. The molecule has 0 amide bonds. The summed E-state index contributed by atoms with van der Waals surface area (Å²) in [7, 11) is -3.75. The number of anilines is 1. The third-order valence-corrected chi connectivity index (χ3v) is 7.87. The van der Waals surface area contributed by atoms with Crippen LogP contribution in [0.2, 0.25) is 0 Å². The Bertz CT molecular complexity index is 1000. The highest BCUT2D eigenvalue weighted by molar-refractivity contribution is 7.89. The van der Waals surface area contributed by atoms with Gasteiger partial charge in [-0.1, -0.05) is 18.9 Å². The second-order valence-corrected chi connectivity index (χ2v) is 9.80. The smallest absolute Gasteiger partial charge is 0.293 e. The van der Waals surface area contributed by atoms with Crippen molar-refractivity contribution >= 4 is 21.4 Å². The summed E-state index contributed by atoms with van der Waals surface area (Å²) >= 11 is 0. The Morgan fingerprint density at radius 3 is 2.47 bits per heavy atom. The second kappa shape index (κ2) is 8.69. The molecule has 8 nitrogen and oxygen atoms in total. The van der Waals surface area contributed by atoms with E-state index in [0.29, 0.717) is 25.3 Å². The van der Waals surface area contributed by atoms with Crippen LogP contribution in [-0.2, 0) is 10.0 Å². The molecule has 0 bridgehead atoms. The maximum absolute atomic E-state index is 13.1. The summed E-state index contributed by atoms with van der Waals surface area (Å²) in [4.78, 5) is 17.6. The van der Waals surface area contributed by atoms with E-state index in [9.17, 15) is 18.5 Å². The lowest BCUT2D eigenvalue weighted by Crippen LogP contribution is -2.32. The molecular formula is C21H26N4O4S. The fourth-order valence-electron chi connectivity index (χ4n) is 4.46. The molecule has 0 radical (unpaired) electrons. The van der Waals surface area contributed by atoms with Gasteiger partial charge in [0.1, 0.15) is 5.69 Å². The van der Waals surface area contributed by atoms with E-state index in [4.69, 9.17) is 0 Å². The van der Waals surface area contributed by atoms with Crippen LogP contribution in [0.5, 0.6) is 0 Å². The predicted octanol–water partition coefficient (Wildman–Crippen LogP) is 3.90. The third kappa shape index (κ3) is 4.04. The molecule has 3 heterocycles.